The SMILES string of the molecule is Cn1nc(-c2cccc(NC(=O)C(c3ccccc3)c3ccccc3)c2)ccc1=O. The molecule has 1 heterocycles. The standard InChI is InChI=1S/C25H21N3O2/c1-28-23(29)16-15-22(27-28)20-13-8-14-21(17-20)26-25(30)24(18-9-4-2-5-10-18)19-11-6-3-7-12-19/h2-17,24H,1H3,(H,26,30). The van der Waals surface area contributed by atoms with Gasteiger partial charge in [0.2, 0.25) is 5.91 Å². The highest BCUT2D eigenvalue weighted by Crippen LogP contribution is 2.27. The molecule has 0 fully saturated rings. The Kier molecular flexibility index (Phi) is 5.52. The minimum atomic E-state index is -0.424. The van der Waals surface area contributed by atoms with E-state index >= 15 is 0 Å². The summed E-state index contributed by atoms with van der Waals surface area (Å²) in [5, 5.41) is 7.32. The zero-order valence-electron chi connectivity index (χ0n) is 16.5. The van der Waals surface area contributed by atoms with Crippen molar-refractivity contribution in [3.8, 4) is 11.3 Å². The van der Waals surface area contributed by atoms with Crippen LogP contribution in [0.25, 0.3) is 11.3 Å². The van der Waals surface area contributed by atoms with Gasteiger partial charge in [0, 0.05) is 24.4 Å². The van der Waals surface area contributed by atoms with Crippen molar-refractivity contribution in [1.29, 1.82) is 0 Å². The summed E-state index contributed by atoms with van der Waals surface area (Å²) in [7, 11) is 1.61. The first-order valence-electron chi connectivity index (χ1n) is 9.67. The molecule has 0 unspecified atom stereocenters. The maximum atomic E-state index is 13.3. The molecule has 0 saturated carbocycles. The Morgan fingerprint density at radius 2 is 1.47 bits per heavy atom. The van der Waals surface area contributed by atoms with Crippen LogP contribution in [0.5, 0.6) is 0 Å². The van der Waals surface area contributed by atoms with E-state index in [1.54, 1.807) is 13.1 Å². The van der Waals surface area contributed by atoms with E-state index in [0.29, 0.717) is 11.4 Å². The summed E-state index contributed by atoms with van der Waals surface area (Å²) in [6.07, 6.45) is 0. The molecule has 1 aromatic heterocycles. The Morgan fingerprint density at radius 3 is 2.07 bits per heavy atom. The van der Waals surface area contributed by atoms with Crippen LogP contribution in [0.3, 0.4) is 0 Å². The number of carbonyl (C=O) groups is 1. The number of anilines is 1. The summed E-state index contributed by atoms with van der Waals surface area (Å²) < 4.78 is 1.29. The monoisotopic (exact) mass is 395 g/mol. The zero-order valence-corrected chi connectivity index (χ0v) is 16.5. The first kappa shape index (κ1) is 19.3. The number of hydrogen-bond donors (Lipinski definition) is 1. The van der Waals surface area contributed by atoms with Gasteiger partial charge in [0.25, 0.3) is 5.56 Å². The largest absolute Gasteiger partial charge is 0.325 e. The second kappa shape index (κ2) is 8.57. The number of benzene rings is 3. The lowest BCUT2D eigenvalue weighted by Gasteiger charge is -2.18. The number of carbonyl (C=O) groups excluding carboxylic acids is 1. The predicted molar refractivity (Wildman–Crippen MR) is 118 cm³/mol. The molecule has 0 radical (unpaired) electrons. The first-order valence-corrected chi connectivity index (χ1v) is 9.67. The van der Waals surface area contributed by atoms with Gasteiger partial charge in [-0.1, -0.05) is 72.8 Å². The molecule has 0 aliphatic heterocycles. The van der Waals surface area contributed by atoms with Gasteiger partial charge in [0.05, 0.1) is 11.6 Å². The van der Waals surface area contributed by atoms with Gasteiger partial charge >= 0.3 is 0 Å². The van der Waals surface area contributed by atoms with Crippen LogP contribution in [-0.2, 0) is 11.8 Å². The summed E-state index contributed by atoms with van der Waals surface area (Å²) in [5.74, 6) is -0.537. The third-order valence-corrected chi connectivity index (χ3v) is 4.91. The summed E-state index contributed by atoms with van der Waals surface area (Å²) in [4.78, 5) is 24.9. The fourth-order valence-corrected chi connectivity index (χ4v) is 3.41. The number of rotatable bonds is 5. The van der Waals surface area contributed by atoms with Gasteiger partial charge in [-0.15, -0.1) is 0 Å². The highest BCUT2D eigenvalue weighted by molar-refractivity contribution is 5.98. The lowest BCUT2D eigenvalue weighted by molar-refractivity contribution is -0.116. The molecule has 4 aromatic rings. The van der Waals surface area contributed by atoms with E-state index in [0.717, 1.165) is 16.7 Å². The number of nitrogens with one attached hydrogen (secondary N) is 1. The van der Waals surface area contributed by atoms with Gasteiger partial charge in [-0.2, -0.15) is 5.10 Å². The second-order valence-corrected chi connectivity index (χ2v) is 7.00. The van der Waals surface area contributed by atoms with Crippen molar-refractivity contribution >= 4 is 11.6 Å². The Hall–Kier alpha value is -3.99. The Labute approximate surface area is 174 Å². The van der Waals surface area contributed by atoms with Gasteiger partial charge in [0.1, 0.15) is 0 Å². The molecule has 148 valence electrons. The van der Waals surface area contributed by atoms with E-state index < -0.39 is 5.92 Å². The number of hydrogen-bond acceptors (Lipinski definition) is 3. The van der Waals surface area contributed by atoms with Crippen molar-refractivity contribution in [2.75, 3.05) is 5.32 Å². The van der Waals surface area contributed by atoms with Crippen LogP contribution in [0.15, 0.2) is 102 Å². The van der Waals surface area contributed by atoms with E-state index in [4.69, 9.17) is 0 Å². The minimum absolute atomic E-state index is 0.113. The van der Waals surface area contributed by atoms with Crippen LogP contribution < -0.4 is 10.9 Å². The van der Waals surface area contributed by atoms with E-state index in [1.807, 2.05) is 84.9 Å². The molecule has 1 N–H and O–H groups in total. The lowest BCUT2D eigenvalue weighted by atomic mass is 9.90. The first-order chi connectivity index (χ1) is 14.6. The molecule has 5 nitrogen and oxygen atoms in total. The maximum absolute atomic E-state index is 13.3. The molecule has 0 atom stereocenters. The highest BCUT2D eigenvalue weighted by Gasteiger charge is 2.22. The molecule has 0 saturated heterocycles. The van der Waals surface area contributed by atoms with Crippen molar-refractivity contribution in [2.24, 2.45) is 7.05 Å². The smallest absolute Gasteiger partial charge is 0.266 e. The fraction of sp³-hybridized carbons (Fsp3) is 0.0800. The Bertz CT molecular complexity index is 1180. The minimum Gasteiger partial charge on any atom is -0.325 e. The predicted octanol–water partition coefficient (Wildman–Crippen LogP) is 4.22. The van der Waals surface area contributed by atoms with Gasteiger partial charge < -0.3 is 5.32 Å². The van der Waals surface area contributed by atoms with Crippen LogP contribution in [0.4, 0.5) is 5.69 Å². The summed E-state index contributed by atoms with van der Waals surface area (Å²) in [6.45, 7) is 0. The van der Waals surface area contributed by atoms with Gasteiger partial charge in [-0.25, -0.2) is 4.68 Å². The molecular weight excluding hydrogens is 374 g/mol. The number of aryl methyl sites for hydroxylation is 1. The topological polar surface area (TPSA) is 64.0 Å². The number of nitrogens with zero attached hydrogens (tertiary/aromatic N) is 2. The van der Waals surface area contributed by atoms with E-state index in [9.17, 15) is 9.59 Å². The van der Waals surface area contributed by atoms with Crippen molar-refractivity contribution in [1.82, 2.24) is 9.78 Å². The van der Waals surface area contributed by atoms with Gasteiger partial charge in [-0.3, -0.25) is 9.59 Å². The average Bonchev–Trinajstić information content (AvgIpc) is 2.77. The van der Waals surface area contributed by atoms with Crippen molar-refractivity contribution < 1.29 is 4.79 Å². The van der Waals surface area contributed by atoms with Crippen LogP contribution in [0, 0.1) is 0 Å². The highest BCUT2D eigenvalue weighted by atomic mass is 16.2. The molecule has 3 aromatic carbocycles. The van der Waals surface area contributed by atoms with Crippen molar-refractivity contribution in [3.05, 3.63) is 119 Å². The molecular formula is C25H21N3O2. The lowest BCUT2D eigenvalue weighted by Crippen LogP contribution is -2.22. The third kappa shape index (κ3) is 4.20. The van der Waals surface area contributed by atoms with Gasteiger partial charge in [0.15, 0.2) is 0 Å². The van der Waals surface area contributed by atoms with Crippen LogP contribution in [-0.4, -0.2) is 15.7 Å². The number of aromatic nitrogens is 2. The van der Waals surface area contributed by atoms with Crippen molar-refractivity contribution in [2.45, 2.75) is 5.92 Å². The maximum Gasteiger partial charge on any atom is 0.266 e. The normalized spacial score (nSPS) is 10.7. The molecule has 0 aliphatic rings. The quantitative estimate of drug-likeness (QED) is 0.550. The Morgan fingerprint density at radius 1 is 0.833 bits per heavy atom. The van der Waals surface area contributed by atoms with Gasteiger partial charge in [-0.05, 0) is 29.3 Å². The fourth-order valence-electron chi connectivity index (χ4n) is 3.41. The molecule has 0 spiro atoms. The summed E-state index contributed by atoms with van der Waals surface area (Å²) in [5.41, 5.74) is 3.84. The Balaban J connectivity index is 1.65. The zero-order chi connectivity index (χ0) is 20.9. The summed E-state index contributed by atoms with van der Waals surface area (Å²) >= 11 is 0. The van der Waals surface area contributed by atoms with E-state index in [1.165, 1.54) is 10.7 Å². The van der Waals surface area contributed by atoms with Crippen molar-refractivity contribution in [3.63, 3.8) is 0 Å². The molecule has 5 heteroatoms. The van der Waals surface area contributed by atoms with E-state index in [2.05, 4.69) is 10.4 Å². The number of amides is 1. The molecule has 1 amide bonds. The van der Waals surface area contributed by atoms with E-state index in [-0.39, 0.29) is 11.5 Å². The second-order valence-electron chi connectivity index (χ2n) is 7.00. The molecule has 0 bridgehead atoms. The van der Waals surface area contributed by atoms with Crippen LogP contribution >= 0.6 is 0 Å². The molecule has 4 rings (SSSR count). The summed E-state index contributed by atoms with van der Waals surface area (Å²) in [6, 6.07) is 30.1. The third-order valence-electron chi connectivity index (χ3n) is 4.91. The van der Waals surface area contributed by atoms with Crippen LogP contribution in [0.1, 0.15) is 17.0 Å². The average molecular weight is 395 g/mol. The van der Waals surface area contributed by atoms with Crippen LogP contribution in [0.2, 0.25) is 0 Å². The molecule has 30 heavy (non-hydrogen) atoms. The molecule has 0 aliphatic carbocycles.